The van der Waals surface area contributed by atoms with E-state index in [2.05, 4.69) is 13.0 Å². The second-order valence-corrected chi connectivity index (χ2v) is 3.15. The first-order valence-electron chi connectivity index (χ1n) is 5.04. The Morgan fingerprint density at radius 1 is 1.38 bits per heavy atom. The minimum atomic E-state index is -0.0765. The third-order valence-electron chi connectivity index (χ3n) is 1.95. The molecule has 0 fully saturated rings. The van der Waals surface area contributed by atoms with Crippen molar-refractivity contribution in [2.75, 3.05) is 6.61 Å². The number of carbonyl (C=O) groups is 1. The first kappa shape index (κ1) is 12.2. The van der Waals surface area contributed by atoms with Gasteiger partial charge in [0, 0.05) is 0 Å². The maximum absolute atomic E-state index is 11.2. The van der Waals surface area contributed by atoms with Crippen molar-refractivity contribution in [3.05, 3.63) is 12.2 Å². The summed E-state index contributed by atoms with van der Waals surface area (Å²) in [7, 11) is 0. The van der Waals surface area contributed by atoms with Gasteiger partial charge in [-0.1, -0.05) is 32.9 Å². The van der Waals surface area contributed by atoms with Crippen LogP contribution in [0.4, 0.5) is 0 Å². The fourth-order valence-electron chi connectivity index (χ4n) is 0.821. The van der Waals surface area contributed by atoms with E-state index in [9.17, 15) is 4.79 Å². The van der Waals surface area contributed by atoms with Crippen molar-refractivity contribution in [3.63, 3.8) is 0 Å². The molecular formula is C11H20O2. The van der Waals surface area contributed by atoms with Gasteiger partial charge < -0.3 is 4.74 Å². The van der Waals surface area contributed by atoms with Gasteiger partial charge in [0.05, 0.1) is 12.5 Å². The molecule has 1 atom stereocenters. The van der Waals surface area contributed by atoms with Gasteiger partial charge >= 0.3 is 5.97 Å². The van der Waals surface area contributed by atoms with Gasteiger partial charge in [0.2, 0.25) is 0 Å². The highest BCUT2D eigenvalue weighted by Gasteiger charge is 2.10. The Kier molecular flexibility index (Phi) is 7.36. The summed E-state index contributed by atoms with van der Waals surface area (Å²) in [5.74, 6) is -0.0393. The van der Waals surface area contributed by atoms with Crippen LogP contribution in [0, 0.1) is 5.92 Å². The van der Waals surface area contributed by atoms with Crippen molar-refractivity contribution in [2.24, 2.45) is 5.92 Å². The number of esters is 1. The molecule has 0 aliphatic rings. The Morgan fingerprint density at radius 3 is 2.62 bits per heavy atom. The van der Waals surface area contributed by atoms with E-state index in [4.69, 9.17) is 4.74 Å². The smallest absolute Gasteiger partial charge is 0.308 e. The van der Waals surface area contributed by atoms with Crippen LogP contribution in [0.1, 0.15) is 40.0 Å². The van der Waals surface area contributed by atoms with Crippen molar-refractivity contribution in [2.45, 2.75) is 40.0 Å². The second-order valence-electron chi connectivity index (χ2n) is 3.15. The summed E-state index contributed by atoms with van der Waals surface area (Å²) in [5.41, 5.74) is 0. The fraction of sp³-hybridized carbons (Fsp3) is 0.727. The van der Waals surface area contributed by atoms with Gasteiger partial charge in [-0.15, -0.1) is 0 Å². The van der Waals surface area contributed by atoms with Crippen molar-refractivity contribution in [1.82, 2.24) is 0 Å². The highest BCUT2D eigenvalue weighted by molar-refractivity contribution is 5.71. The first-order valence-corrected chi connectivity index (χ1v) is 5.04. The maximum atomic E-state index is 11.2. The molecule has 0 aromatic carbocycles. The Hall–Kier alpha value is -0.790. The van der Waals surface area contributed by atoms with Crippen LogP contribution >= 0.6 is 0 Å². The number of allylic oxidation sites excluding steroid dienone is 1. The zero-order valence-electron chi connectivity index (χ0n) is 8.88. The SMILES string of the molecule is CCC=CCCOC(=O)[C@H](C)CC. The Labute approximate surface area is 81.0 Å². The van der Waals surface area contributed by atoms with Gasteiger partial charge in [-0.25, -0.2) is 0 Å². The van der Waals surface area contributed by atoms with E-state index in [-0.39, 0.29) is 11.9 Å². The lowest BCUT2D eigenvalue weighted by Gasteiger charge is -2.07. The quantitative estimate of drug-likeness (QED) is 0.360. The van der Waals surface area contributed by atoms with Crippen LogP contribution in [0.5, 0.6) is 0 Å². The zero-order valence-corrected chi connectivity index (χ0v) is 8.88. The summed E-state index contributed by atoms with van der Waals surface area (Å²) in [6.07, 6.45) is 6.85. The van der Waals surface area contributed by atoms with Crippen molar-refractivity contribution >= 4 is 5.97 Å². The van der Waals surface area contributed by atoms with E-state index in [0.29, 0.717) is 6.61 Å². The molecule has 0 spiro atoms. The van der Waals surface area contributed by atoms with E-state index in [0.717, 1.165) is 19.3 Å². The molecule has 0 aliphatic carbocycles. The summed E-state index contributed by atoms with van der Waals surface area (Å²) in [4.78, 5) is 11.2. The van der Waals surface area contributed by atoms with Gasteiger partial charge in [-0.2, -0.15) is 0 Å². The third kappa shape index (κ3) is 6.38. The molecular weight excluding hydrogens is 164 g/mol. The minimum Gasteiger partial charge on any atom is -0.465 e. The van der Waals surface area contributed by atoms with Gasteiger partial charge in [0.15, 0.2) is 0 Å². The summed E-state index contributed by atoms with van der Waals surface area (Å²) >= 11 is 0. The van der Waals surface area contributed by atoms with Gasteiger partial charge in [0.1, 0.15) is 0 Å². The number of carbonyl (C=O) groups excluding carboxylic acids is 1. The number of hydrogen-bond donors (Lipinski definition) is 0. The lowest BCUT2D eigenvalue weighted by atomic mass is 10.1. The monoisotopic (exact) mass is 184 g/mol. The van der Waals surface area contributed by atoms with E-state index in [1.165, 1.54) is 0 Å². The molecule has 2 nitrogen and oxygen atoms in total. The number of ether oxygens (including phenoxy) is 1. The van der Waals surface area contributed by atoms with Crippen molar-refractivity contribution < 1.29 is 9.53 Å². The zero-order chi connectivity index (χ0) is 10.1. The van der Waals surface area contributed by atoms with Gasteiger partial charge in [-0.3, -0.25) is 4.79 Å². The molecule has 0 heterocycles. The molecule has 0 aliphatic heterocycles. The van der Waals surface area contributed by atoms with Crippen LogP contribution in [-0.2, 0) is 9.53 Å². The summed E-state index contributed by atoms with van der Waals surface area (Å²) in [6, 6.07) is 0. The number of hydrogen-bond acceptors (Lipinski definition) is 2. The summed E-state index contributed by atoms with van der Waals surface area (Å²) in [6.45, 7) is 6.48. The number of rotatable bonds is 6. The van der Waals surface area contributed by atoms with Gasteiger partial charge in [-0.05, 0) is 19.3 Å². The predicted molar refractivity (Wildman–Crippen MR) is 54.5 cm³/mol. The van der Waals surface area contributed by atoms with Gasteiger partial charge in [0.25, 0.3) is 0 Å². The molecule has 0 saturated carbocycles. The van der Waals surface area contributed by atoms with Crippen LogP contribution in [-0.4, -0.2) is 12.6 Å². The Bertz CT molecular complexity index is 161. The van der Waals surface area contributed by atoms with Crippen molar-refractivity contribution in [3.8, 4) is 0 Å². The van der Waals surface area contributed by atoms with E-state index in [1.807, 2.05) is 19.9 Å². The van der Waals surface area contributed by atoms with Crippen LogP contribution in [0.2, 0.25) is 0 Å². The van der Waals surface area contributed by atoms with Crippen LogP contribution in [0.3, 0.4) is 0 Å². The first-order chi connectivity index (χ1) is 6.22. The molecule has 13 heavy (non-hydrogen) atoms. The highest BCUT2D eigenvalue weighted by atomic mass is 16.5. The summed E-state index contributed by atoms with van der Waals surface area (Å²) in [5, 5.41) is 0. The van der Waals surface area contributed by atoms with E-state index < -0.39 is 0 Å². The van der Waals surface area contributed by atoms with Crippen LogP contribution in [0.15, 0.2) is 12.2 Å². The molecule has 0 radical (unpaired) electrons. The normalized spacial score (nSPS) is 13.2. The van der Waals surface area contributed by atoms with E-state index in [1.54, 1.807) is 0 Å². The molecule has 0 N–H and O–H groups in total. The van der Waals surface area contributed by atoms with E-state index >= 15 is 0 Å². The minimum absolute atomic E-state index is 0.0372. The maximum Gasteiger partial charge on any atom is 0.308 e. The lowest BCUT2D eigenvalue weighted by Crippen LogP contribution is -2.14. The average Bonchev–Trinajstić information content (AvgIpc) is 2.16. The molecule has 76 valence electrons. The lowest BCUT2D eigenvalue weighted by molar-refractivity contribution is -0.147. The van der Waals surface area contributed by atoms with Crippen molar-refractivity contribution in [1.29, 1.82) is 0 Å². The summed E-state index contributed by atoms with van der Waals surface area (Å²) < 4.78 is 5.05. The topological polar surface area (TPSA) is 26.3 Å². The molecule has 0 amide bonds. The molecule has 2 heteroatoms. The predicted octanol–water partition coefficient (Wildman–Crippen LogP) is 2.93. The second kappa shape index (κ2) is 7.84. The molecule has 0 saturated heterocycles. The molecule has 0 rings (SSSR count). The Morgan fingerprint density at radius 2 is 2.08 bits per heavy atom. The average molecular weight is 184 g/mol. The molecule has 0 aromatic heterocycles. The van der Waals surface area contributed by atoms with Crippen LogP contribution < -0.4 is 0 Å². The largest absolute Gasteiger partial charge is 0.465 e. The third-order valence-corrected chi connectivity index (χ3v) is 1.95. The van der Waals surface area contributed by atoms with Crippen LogP contribution in [0.25, 0.3) is 0 Å². The highest BCUT2D eigenvalue weighted by Crippen LogP contribution is 2.03. The standard InChI is InChI=1S/C11H20O2/c1-4-6-7-8-9-13-11(12)10(3)5-2/h6-7,10H,4-5,8-9H2,1-3H3/t10-/m1/s1. The Balaban J connectivity index is 3.42. The fourth-order valence-corrected chi connectivity index (χ4v) is 0.821. The molecule has 0 unspecified atom stereocenters. The molecule has 0 bridgehead atoms. The molecule has 0 aromatic rings.